The highest BCUT2D eigenvalue weighted by Crippen LogP contribution is 2.49. The van der Waals surface area contributed by atoms with Crippen LogP contribution in [0.25, 0.3) is 11.1 Å². The summed E-state index contributed by atoms with van der Waals surface area (Å²) in [4.78, 5) is 15.5. The van der Waals surface area contributed by atoms with E-state index in [2.05, 4.69) is 12.1 Å². The number of hydrogen-bond acceptors (Lipinski definition) is 4. The quantitative estimate of drug-likeness (QED) is 0.453. The topological polar surface area (TPSA) is 38.8 Å². The Labute approximate surface area is 191 Å². The Morgan fingerprint density at radius 3 is 2.67 bits per heavy atom. The monoisotopic (exact) mass is 465 g/mol. The number of hydrogen-bond donors (Lipinski definition) is 0. The van der Waals surface area contributed by atoms with Crippen LogP contribution < -0.4 is 4.74 Å². The van der Waals surface area contributed by atoms with Crippen molar-refractivity contribution in [3.8, 4) is 16.9 Å². The zero-order chi connectivity index (χ0) is 21.6. The zero-order valence-electron chi connectivity index (χ0n) is 17.5. The lowest BCUT2D eigenvalue weighted by Crippen LogP contribution is -2.46. The molecular formula is C23H25Cl2NO3S. The van der Waals surface area contributed by atoms with Gasteiger partial charge in [0.25, 0.3) is 0 Å². The predicted molar refractivity (Wildman–Crippen MR) is 123 cm³/mol. The number of ether oxygens (including phenoxy) is 2. The molecule has 1 saturated heterocycles. The van der Waals surface area contributed by atoms with Crippen LogP contribution in [-0.4, -0.2) is 42.0 Å². The lowest BCUT2D eigenvalue weighted by Gasteiger charge is -2.35. The van der Waals surface area contributed by atoms with E-state index in [4.69, 9.17) is 32.7 Å². The van der Waals surface area contributed by atoms with Crippen LogP contribution in [0.1, 0.15) is 38.7 Å². The number of amides is 1. The number of halogens is 2. The van der Waals surface area contributed by atoms with E-state index in [1.807, 2.05) is 39.2 Å². The van der Waals surface area contributed by atoms with Gasteiger partial charge >= 0.3 is 6.09 Å². The maximum absolute atomic E-state index is 12.6. The van der Waals surface area contributed by atoms with E-state index >= 15 is 0 Å². The van der Waals surface area contributed by atoms with Crippen molar-refractivity contribution in [2.45, 2.75) is 49.7 Å². The minimum absolute atomic E-state index is 0.0699. The number of carbonyl (C=O) groups excluding carboxylic acids is 1. The molecule has 2 aromatic carbocycles. The largest absolute Gasteiger partial charge is 0.488 e. The molecule has 30 heavy (non-hydrogen) atoms. The molecule has 1 fully saturated rings. The first-order valence-electron chi connectivity index (χ1n) is 9.98. The average molecular weight is 466 g/mol. The first-order chi connectivity index (χ1) is 14.2. The smallest absolute Gasteiger partial charge is 0.410 e. The van der Waals surface area contributed by atoms with Crippen molar-refractivity contribution in [3.63, 3.8) is 0 Å². The Morgan fingerprint density at radius 2 is 2.00 bits per heavy atom. The Morgan fingerprint density at radius 1 is 1.23 bits per heavy atom. The van der Waals surface area contributed by atoms with Crippen molar-refractivity contribution in [3.05, 3.63) is 45.9 Å². The van der Waals surface area contributed by atoms with E-state index in [-0.39, 0.29) is 18.1 Å². The van der Waals surface area contributed by atoms with Crippen LogP contribution >= 0.6 is 35.0 Å². The molecule has 2 aliphatic heterocycles. The minimum atomic E-state index is -0.511. The fourth-order valence-electron chi connectivity index (χ4n) is 4.07. The van der Waals surface area contributed by atoms with E-state index in [1.165, 1.54) is 0 Å². The van der Waals surface area contributed by atoms with Crippen LogP contribution in [0.4, 0.5) is 4.79 Å². The molecule has 2 heterocycles. The number of piperidine rings is 1. The number of carbonyl (C=O) groups is 1. The summed E-state index contributed by atoms with van der Waals surface area (Å²) >= 11 is 14.2. The third-order valence-electron chi connectivity index (χ3n) is 5.42. The normalized spacial score (nSPS) is 20.4. The summed E-state index contributed by atoms with van der Waals surface area (Å²) in [7, 11) is 0. The van der Waals surface area contributed by atoms with Gasteiger partial charge in [-0.3, -0.25) is 0 Å². The van der Waals surface area contributed by atoms with Crippen LogP contribution in [-0.2, 0) is 4.74 Å². The molecule has 0 saturated carbocycles. The molecule has 4 nitrogen and oxygen atoms in total. The number of benzene rings is 2. The van der Waals surface area contributed by atoms with E-state index in [9.17, 15) is 4.79 Å². The highest BCUT2D eigenvalue weighted by Gasteiger charge is 2.42. The predicted octanol–water partition coefficient (Wildman–Crippen LogP) is 6.87. The van der Waals surface area contributed by atoms with Gasteiger partial charge < -0.3 is 14.4 Å². The molecule has 0 aliphatic carbocycles. The molecule has 0 spiro atoms. The van der Waals surface area contributed by atoms with Crippen LogP contribution in [0.2, 0.25) is 10.0 Å². The molecule has 2 aromatic rings. The number of fused-ring (bicyclic) bond motifs is 3. The number of thioether (sulfide) groups is 1. The summed E-state index contributed by atoms with van der Waals surface area (Å²) in [6.07, 6.45) is 2.63. The van der Waals surface area contributed by atoms with Gasteiger partial charge in [-0.1, -0.05) is 29.3 Å². The van der Waals surface area contributed by atoms with Crippen molar-refractivity contribution in [2.75, 3.05) is 19.3 Å². The lowest BCUT2D eigenvalue weighted by molar-refractivity contribution is 0.0117. The third-order valence-corrected chi connectivity index (χ3v) is 6.71. The molecule has 7 heteroatoms. The first-order valence-corrected chi connectivity index (χ1v) is 12.0. The van der Waals surface area contributed by atoms with Gasteiger partial charge in [0.2, 0.25) is 0 Å². The first kappa shape index (κ1) is 21.7. The SMILES string of the molecule is CSc1cc(-c2ccc(Cl)cc2Cl)cc2c1OC1CCN(C(=O)OC(C)(C)C)CC21. The minimum Gasteiger partial charge on any atom is -0.488 e. The molecule has 0 bridgehead atoms. The lowest BCUT2D eigenvalue weighted by atomic mass is 9.88. The summed E-state index contributed by atoms with van der Waals surface area (Å²) in [5.74, 6) is 1.04. The molecule has 0 aromatic heterocycles. The molecule has 4 rings (SSSR count). The highest BCUT2D eigenvalue weighted by molar-refractivity contribution is 7.98. The van der Waals surface area contributed by atoms with Crippen molar-refractivity contribution >= 4 is 41.1 Å². The van der Waals surface area contributed by atoms with Crippen LogP contribution in [0.5, 0.6) is 5.75 Å². The zero-order valence-corrected chi connectivity index (χ0v) is 19.8. The van der Waals surface area contributed by atoms with Gasteiger partial charge in [0.15, 0.2) is 0 Å². The maximum Gasteiger partial charge on any atom is 0.410 e. The van der Waals surface area contributed by atoms with Gasteiger partial charge in [-0.2, -0.15) is 0 Å². The Balaban J connectivity index is 1.68. The average Bonchev–Trinajstić information content (AvgIpc) is 3.03. The molecule has 0 N–H and O–H groups in total. The van der Waals surface area contributed by atoms with Gasteiger partial charge in [-0.15, -0.1) is 11.8 Å². The summed E-state index contributed by atoms with van der Waals surface area (Å²) in [5.41, 5.74) is 2.57. The molecule has 1 amide bonds. The van der Waals surface area contributed by atoms with E-state index in [0.29, 0.717) is 23.1 Å². The van der Waals surface area contributed by atoms with Crippen LogP contribution in [0, 0.1) is 0 Å². The third kappa shape index (κ3) is 4.25. The summed E-state index contributed by atoms with van der Waals surface area (Å²) in [6.45, 7) is 6.88. The van der Waals surface area contributed by atoms with Gasteiger partial charge in [0, 0.05) is 46.6 Å². The van der Waals surface area contributed by atoms with Crippen molar-refractivity contribution in [2.24, 2.45) is 0 Å². The Kier molecular flexibility index (Phi) is 5.90. The fraction of sp³-hybridized carbons (Fsp3) is 0.435. The van der Waals surface area contributed by atoms with Gasteiger partial charge in [0.1, 0.15) is 17.5 Å². The highest BCUT2D eigenvalue weighted by atomic mass is 35.5. The van der Waals surface area contributed by atoms with Crippen LogP contribution in [0.15, 0.2) is 35.2 Å². The van der Waals surface area contributed by atoms with Gasteiger partial charge in [-0.25, -0.2) is 4.79 Å². The van der Waals surface area contributed by atoms with Crippen molar-refractivity contribution < 1.29 is 14.3 Å². The van der Waals surface area contributed by atoms with Crippen molar-refractivity contribution in [1.82, 2.24) is 4.90 Å². The molecule has 2 unspecified atom stereocenters. The Hall–Kier alpha value is -1.56. The number of likely N-dealkylation sites (tertiary alicyclic amines) is 1. The summed E-state index contributed by atoms with van der Waals surface area (Å²) in [6, 6.07) is 9.81. The fourth-order valence-corrected chi connectivity index (χ4v) is 5.18. The van der Waals surface area contributed by atoms with Gasteiger partial charge in [0.05, 0.1) is 4.90 Å². The second-order valence-corrected chi connectivity index (χ2v) is 10.4. The molecule has 2 atom stereocenters. The molecular weight excluding hydrogens is 441 g/mol. The number of nitrogens with zero attached hydrogens (tertiary/aromatic N) is 1. The molecule has 0 radical (unpaired) electrons. The van der Waals surface area contributed by atoms with E-state index in [0.717, 1.165) is 33.8 Å². The number of rotatable bonds is 2. The van der Waals surface area contributed by atoms with E-state index in [1.54, 1.807) is 22.7 Å². The second-order valence-electron chi connectivity index (χ2n) is 8.70. The molecule has 160 valence electrons. The van der Waals surface area contributed by atoms with Crippen LogP contribution in [0.3, 0.4) is 0 Å². The summed E-state index contributed by atoms with van der Waals surface area (Å²) < 4.78 is 11.9. The Bertz CT molecular complexity index is 989. The van der Waals surface area contributed by atoms with E-state index < -0.39 is 5.60 Å². The summed E-state index contributed by atoms with van der Waals surface area (Å²) in [5, 5.41) is 1.22. The van der Waals surface area contributed by atoms with Gasteiger partial charge in [-0.05, 0) is 56.9 Å². The second kappa shape index (κ2) is 8.18. The molecule has 2 aliphatic rings. The standard InChI is InChI=1S/C23H25Cl2NO3S/c1-23(2,3)29-22(27)26-8-7-19-17(12-26)16-9-13(10-20(30-4)21(16)28-19)15-6-5-14(24)11-18(15)25/h5-6,9-11,17,19H,7-8,12H2,1-4H3. The maximum atomic E-state index is 12.6. The van der Waals surface area contributed by atoms with Crippen molar-refractivity contribution in [1.29, 1.82) is 0 Å².